The van der Waals surface area contributed by atoms with Crippen molar-refractivity contribution < 1.29 is 23.5 Å². The number of piperidine rings is 1. The number of carbonyl (C=O) groups is 2. The molecule has 0 aromatic heterocycles. The molecule has 1 unspecified atom stereocenters. The van der Waals surface area contributed by atoms with Gasteiger partial charge in [0.15, 0.2) is 0 Å². The molecule has 5 rings (SSSR count). The molecule has 0 radical (unpaired) electrons. The fourth-order valence-corrected chi connectivity index (χ4v) is 5.57. The maximum absolute atomic E-state index is 14.6. The molecule has 0 aliphatic carbocycles. The van der Waals surface area contributed by atoms with Crippen molar-refractivity contribution in [3.05, 3.63) is 93.7 Å². The van der Waals surface area contributed by atoms with Gasteiger partial charge >= 0.3 is 0 Å². The van der Waals surface area contributed by atoms with Crippen LogP contribution in [-0.4, -0.2) is 31.1 Å². The van der Waals surface area contributed by atoms with Gasteiger partial charge in [0.25, 0.3) is 0 Å². The van der Waals surface area contributed by atoms with E-state index >= 15 is 0 Å². The standard InChI is InChI=1S/C29H27Cl2FN2O4/c30-18-4-1-3-17(13-18)23-16-26(35)34-28(27(23)29(36)33-21-6-2-5-19(31)14-21)24-15-20(32)7-8-25(24)38-22-9-11-37-12-10-22/h1-8,13-15,22-23,27-28H,9-12,16H2,(H,33,36)(H,34,35)/t23-,27?,28+/m0/s1. The fraction of sp³-hybridized carbons (Fsp3) is 0.310. The number of anilines is 1. The highest BCUT2D eigenvalue weighted by Crippen LogP contribution is 2.44. The van der Waals surface area contributed by atoms with Gasteiger partial charge < -0.3 is 20.1 Å². The summed E-state index contributed by atoms with van der Waals surface area (Å²) in [6.07, 6.45) is 1.33. The lowest BCUT2D eigenvalue weighted by molar-refractivity contribution is -0.129. The van der Waals surface area contributed by atoms with Gasteiger partial charge in [-0.2, -0.15) is 0 Å². The van der Waals surface area contributed by atoms with Crippen LogP contribution in [0.5, 0.6) is 5.75 Å². The largest absolute Gasteiger partial charge is 0.490 e. The Kier molecular flexibility index (Phi) is 8.17. The second kappa shape index (κ2) is 11.7. The molecule has 3 aromatic carbocycles. The molecule has 0 spiro atoms. The van der Waals surface area contributed by atoms with E-state index in [2.05, 4.69) is 10.6 Å². The summed E-state index contributed by atoms with van der Waals surface area (Å²) in [5.41, 5.74) is 1.66. The fourth-order valence-electron chi connectivity index (χ4n) is 5.18. The van der Waals surface area contributed by atoms with Gasteiger partial charge in [-0.25, -0.2) is 4.39 Å². The highest BCUT2D eigenvalue weighted by atomic mass is 35.5. The van der Waals surface area contributed by atoms with Gasteiger partial charge in [-0.3, -0.25) is 9.59 Å². The van der Waals surface area contributed by atoms with Crippen molar-refractivity contribution in [3.63, 3.8) is 0 Å². The van der Waals surface area contributed by atoms with Crippen LogP contribution in [0.1, 0.15) is 42.3 Å². The van der Waals surface area contributed by atoms with E-state index in [0.29, 0.717) is 53.1 Å². The lowest BCUT2D eigenvalue weighted by Crippen LogP contribution is -2.47. The Balaban J connectivity index is 1.57. The average Bonchev–Trinajstić information content (AvgIpc) is 2.90. The first-order valence-corrected chi connectivity index (χ1v) is 13.3. The summed E-state index contributed by atoms with van der Waals surface area (Å²) in [4.78, 5) is 27.0. The van der Waals surface area contributed by atoms with Crippen molar-refractivity contribution in [2.24, 2.45) is 5.92 Å². The molecule has 2 heterocycles. The van der Waals surface area contributed by atoms with E-state index in [4.69, 9.17) is 32.7 Å². The van der Waals surface area contributed by atoms with Crippen LogP contribution in [-0.2, 0) is 14.3 Å². The SMILES string of the molecule is O=C1C[C@@H](c2cccc(Cl)c2)C(C(=O)Nc2cccc(Cl)c2)[C@@H](c2cc(F)ccc2OC2CCOCC2)N1. The van der Waals surface area contributed by atoms with Gasteiger partial charge in [0, 0.05) is 46.5 Å². The summed E-state index contributed by atoms with van der Waals surface area (Å²) < 4.78 is 26.4. The zero-order chi connectivity index (χ0) is 26.6. The Labute approximate surface area is 230 Å². The van der Waals surface area contributed by atoms with Gasteiger partial charge in [0.05, 0.1) is 25.2 Å². The first-order chi connectivity index (χ1) is 18.4. The quantitative estimate of drug-likeness (QED) is 0.374. The van der Waals surface area contributed by atoms with E-state index in [0.717, 1.165) is 5.56 Å². The predicted octanol–water partition coefficient (Wildman–Crippen LogP) is 6.29. The minimum absolute atomic E-state index is 0.0654. The second-order valence-corrected chi connectivity index (χ2v) is 10.4. The van der Waals surface area contributed by atoms with Gasteiger partial charge in [0.1, 0.15) is 17.7 Å². The third-order valence-corrected chi connectivity index (χ3v) is 7.43. The van der Waals surface area contributed by atoms with Crippen molar-refractivity contribution in [1.29, 1.82) is 0 Å². The number of halogens is 3. The van der Waals surface area contributed by atoms with Crippen molar-refractivity contribution in [2.45, 2.75) is 37.3 Å². The number of ether oxygens (including phenoxy) is 2. The Morgan fingerprint density at radius 1 is 1.00 bits per heavy atom. The van der Waals surface area contributed by atoms with E-state index < -0.39 is 23.7 Å². The first-order valence-electron chi connectivity index (χ1n) is 12.5. The van der Waals surface area contributed by atoms with Crippen LogP contribution in [0.3, 0.4) is 0 Å². The molecule has 198 valence electrons. The van der Waals surface area contributed by atoms with Crippen LogP contribution < -0.4 is 15.4 Å². The molecule has 3 aromatic rings. The maximum Gasteiger partial charge on any atom is 0.230 e. The zero-order valence-corrected chi connectivity index (χ0v) is 22.0. The highest BCUT2D eigenvalue weighted by molar-refractivity contribution is 6.31. The molecule has 3 atom stereocenters. The first kappa shape index (κ1) is 26.5. The summed E-state index contributed by atoms with van der Waals surface area (Å²) in [6, 6.07) is 17.3. The topological polar surface area (TPSA) is 76.7 Å². The Morgan fingerprint density at radius 3 is 2.47 bits per heavy atom. The Hall–Kier alpha value is -3.13. The lowest BCUT2D eigenvalue weighted by Gasteiger charge is -2.39. The Morgan fingerprint density at radius 2 is 1.74 bits per heavy atom. The second-order valence-electron chi connectivity index (χ2n) is 9.55. The number of hydrogen-bond acceptors (Lipinski definition) is 4. The summed E-state index contributed by atoms with van der Waals surface area (Å²) in [7, 11) is 0. The number of hydrogen-bond donors (Lipinski definition) is 2. The Bertz CT molecular complexity index is 1330. The van der Waals surface area contributed by atoms with Crippen molar-refractivity contribution >= 4 is 40.7 Å². The van der Waals surface area contributed by atoms with E-state index in [1.54, 1.807) is 48.5 Å². The van der Waals surface area contributed by atoms with Crippen LogP contribution in [0.2, 0.25) is 10.0 Å². The third kappa shape index (κ3) is 6.12. The monoisotopic (exact) mass is 556 g/mol. The number of benzene rings is 3. The summed E-state index contributed by atoms with van der Waals surface area (Å²) in [6.45, 7) is 1.14. The summed E-state index contributed by atoms with van der Waals surface area (Å²) in [5, 5.41) is 6.85. The minimum Gasteiger partial charge on any atom is -0.490 e. The van der Waals surface area contributed by atoms with Crippen LogP contribution in [0, 0.1) is 11.7 Å². The number of carbonyl (C=O) groups excluding carboxylic acids is 2. The van der Waals surface area contributed by atoms with Gasteiger partial charge in [-0.1, -0.05) is 41.4 Å². The molecule has 0 bridgehead atoms. The molecule has 2 aliphatic rings. The van der Waals surface area contributed by atoms with Gasteiger partial charge in [-0.15, -0.1) is 0 Å². The van der Waals surface area contributed by atoms with Gasteiger partial charge in [-0.05, 0) is 54.1 Å². The highest BCUT2D eigenvalue weighted by Gasteiger charge is 2.44. The molecular weight excluding hydrogens is 530 g/mol. The van der Waals surface area contributed by atoms with Crippen molar-refractivity contribution in [2.75, 3.05) is 18.5 Å². The molecule has 0 saturated carbocycles. The third-order valence-electron chi connectivity index (χ3n) is 6.95. The summed E-state index contributed by atoms with van der Waals surface area (Å²) in [5.74, 6) is -1.99. The number of nitrogens with one attached hydrogen (secondary N) is 2. The number of amides is 2. The predicted molar refractivity (Wildman–Crippen MR) is 144 cm³/mol. The lowest BCUT2D eigenvalue weighted by atomic mass is 9.73. The number of rotatable bonds is 6. The molecule has 2 aliphatic heterocycles. The maximum atomic E-state index is 14.6. The van der Waals surface area contributed by atoms with Crippen LogP contribution in [0.25, 0.3) is 0 Å². The summed E-state index contributed by atoms with van der Waals surface area (Å²) >= 11 is 12.4. The van der Waals surface area contributed by atoms with Crippen LogP contribution >= 0.6 is 23.2 Å². The molecule has 2 N–H and O–H groups in total. The van der Waals surface area contributed by atoms with Crippen LogP contribution in [0.4, 0.5) is 10.1 Å². The van der Waals surface area contributed by atoms with Gasteiger partial charge in [0.2, 0.25) is 11.8 Å². The van der Waals surface area contributed by atoms with Crippen molar-refractivity contribution in [1.82, 2.24) is 5.32 Å². The van der Waals surface area contributed by atoms with Crippen LogP contribution in [0.15, 0.2) is 66.7 Å². The normalized spacial score (nSPS) is 22.0. The van der Waals surface area contributed by atoms with E-state index in [-0.39, 0.29) is 24.3 Å². The zero-order valence-electron chi connectivity index (χ0n) is 20.5. The van der Waals surface area contributed by atoms with E-state index in [1.165, 1.54) is 12.1 Å². The molecule has 9 heteroatoms. The molecular formula is C29H27Cl2FN2O4. The smallest absolute Gasteiger partial charge is 0.230 e. The molecule has 6 nitrogen and oxygen atoms in total. The van der Waals surface area contributed by atoms with E-state index in [1.807, 2.05) is 6.07 Å². The molecule has 2 saturated heterocycles. The molecule has 2 amide bonds. The molecule has 2 fully saturated rings. The minimum atomic E-state index is -0.857. The average molecular weight is 557 g/mol. The van der Waals surface area contributed by atoms with E-state index in [9.17, 15) is 14.0 Å². The molecule has 38 heavy (non-hydrogen) atoms. The van der Waals surface area contributed by atoms with Crippen molar-refractivity contribution in [3.8, 4) is 5.75 Å².